The van der Waals surface area contributed by atoms with Gasteiger partial charge in [-0.1, -0.05) is 20.8 Å². The third kappa shape index (κ3) is 3.88. The second-order valence-corrected chi connectivity index (χ2v) is 4.99. The summed E-state index contributed by atoms with van der Waals surface area (Å²) in [5.41, 5.74) is 7.51. The number of nitrogens with two attached hydrogens (primary N) is 1. The van der Waals surface area contributed by atoms with Crippen LogP contribution < -0.4 is 10.5 Å². The molecular formula is C16H26N2O3. The number of aromatic carboxylic acids is 1. The second-order valence-electron chi connectivity index (χ2n) is 4.99. The summed E-state index contributed by atoms with van der Waals surface area (Å²) >= 11 is 0. The first-order chi connectivity index (χ1) is 9.97. The molecule has 5 heteroatoms. The van der Waals surface area contributed by atoms with Crippen LogP contribution in [0.3, 0.4) is 0 Å². The van der Waals surface area contributed by atoms with Gasteiger partial charge < -0.3 is 15.6 Å². The topological polar surface area (TPSA) is 75.8 Å². The third-order valence-corrected chi connectivity index (χ3v) is 3.72. The molecule has 118 valence electrons. The maximum absolute atomic E-state index is 11.5. The van der Waals surface area contributed by atoms with Gasteiger partial charge in [-0.3, -0.25) is 4.90 Å². The van der Waals surface area contributed by atoms with Crippen molar-refractivity contribution in [1.82, 2.24) is 4.90 Å². The highest BCUT2D eigenvalue weighted by molar-refractivity contribution is 5.92. The normalized spacial score (nSPS) is 12.4. The third-order valence-electron chi connectivity index (χ3n) is 3.72. The Bertz CT molecular complexity index is 485. The summed E-state index contributed by atoms with van der Waals surface area (Å²) in [6, 6.07) is 3.16. The zero-order valence-corrected chi connectivity index (χ0v) is 13.3. The van der Waals surface area contributed by atoms with E-state index in [1.165, 1.54) is 0 Å². The molecule has 3 N–H and O–H groups in total. The van der Waals surface area contributed by atoms with Crippen molar-refractivity contribution in [2.75, 3.05) is 25.4 Å². The predicted octanol–water partition coefficient (Wildman–Crippen LogP) is 3.16. The van der Waals surface area contributed by atoms with E-state index in [0.29, 0.717) is 23.6 Å². The SMILES string of the molecule is CCCOc1ccc(C(=O)O)c(C(C)N(CC)CC)c1N. The average Bonchev–Trinajstić information content (AvgIpc) is 2.46. The summed E-state index contributed by atoms with van der Waals surface area (Å²) in [4.78, 5) is 13.7. The lowest BCUT2D eigenvalue weighted by Gasteiger charge is -2.29. The second kappa shape index (κ2) is 7.88. The van der Waals surface area contributed by atoms with E-state index in [-0.39, 0.29) is 11.6 Å². The minimum absolute atomic E-state index is 0.0729. The number of nitrogen functional groups attached to an aromatic ring is 1. The van der Waals surface area contributed by atoms with Crippen molar-refractivity contribution in [2.24, 2.45) is 0 Å². The minimum Gasteiger partial charge on any atom is -0.491 e. The molecule has 0 aliphatic rings. The maximum atomic E-state index is 11.5. The fraction of sp³-hybridized carbons (Fsp3) is 0.562. The molecule has 0 aromatic heterocycles. The highest BCUT2D eigenvalue weighted by atomic mass is 16.5. The smallest absolute Gasteiger partial charge is 0.336 e. The van der Waals surface area contributed by atoms with Crippen LogP contribution in [0.15, 0.2) is 12.1 Å². The Hall–Kier alpha value is -1.75. The molecule has 1 aromatic carbocycles. The van der Waals surface area contributed by atoms with E-state index in [2.05, 4.69) is 4.90 Å². The van der Waals surface area contributed by atoms with Crippen LogP contribution in [0, 0.1) is 0 Å². The van der Waals surface area contributed by atoms with Crippen LogP contribution in [0.4, 0.5) is 5.69 Å². The first-order valence-electron chi connectivity index (χ1n) is 7.50. The minimum atomic E-state index is -0.960. The van der Waals surface area contributed by atoms with Gasteiger partial charge in [-0.05, 0) is 38.6 Å². The highest BCUT2D eigenvalue weighted by Gasteiger charge is 2.24. The zero-order chi connectivity index (χ0) is 16.0. The molecule has 0 fully saturated rings. The number of hydrogen-bond donors (Lipinski definition) is 2. The molecule has 0 bridgehead atoms. The molecule has 0 aliphatic carbocycles. The molecule has 0 amide bonds. The first-order valence-corrected chi connectivity index (χ1v) is 7.50. The van der Waals surface area contributed by atoms with Gasteiger partial charge in [0.15, 0.2) is 0 Å². The Morgan fingerprint density at radius 3 is 2.43 bits per heavy atom. The molecular weight excluding hydrogens is 268 g/mol. The van der Waals surface area contributed by atoms with Gasteiger partial charge in [0.2, 0.25) is 0 Å². The van der Waals surface area contributed by atoms with Crippen molar-refractivity contribution < 1.29 is 14.6 Å². The summed E-state index contributed by atoms with van der Waals surface area (Å²) in [7, 11) is 0. The molecule has 0 saturated heterocycles. The standard InChI is InChI=1S/C16H26N2O3/c1-5-10-21-13-9-8-12(16(19)20)14(15(13)17)11(4)18(6-2)7-3/h8-9,11H,5-7,10,17H2,1-4H3,(H,19,20). The number of benzene rings is 1. The molecule has 1 atom stereocenters. The van der Waals surface area contributed by atoms with E-state index in [9.17, 15) is 9.90 Å². The Morgan fingerprint density at radius 2 is 1.95 bits per heavy atom. The molecule has 0 heterocycles. The van der Waals surface area contributed by atoms with Crippen molar-refractivity contribution in [3.05, 3.63) is 23.3 Å². The highest BCUT2D eigenvalue weighted by Crippen LogP contribution is 2.35. The summed E-state index contributed by atoms with van der Waals surface area (Å²) in [6.45, 7) is 10.3. The van der Waals surface area contributed by atoms with Crippen molar-refractivity contribution in [1.29, 1.82) is 0 Å². The van der Waals surface area contributed by atoms with Crippen molar-refractivity contribution >= 4 is 11.7 Å². The van der Waals surface area contributed by atoms with Gasteiger partial charge in [0.25, 0.3) is 0 Å². The van der Waals surface area contributed by atoms with Crippen molar-refractivity contribution in [2.45, 2.75) is 40.2 Å². The number of anilines is 1. The van der Waals surface area contributed by atoms with Crippen LogP contribution in [0.1, 0.15) is 56.1 Å². The molecule has 0 saturated carbocycles. The molecule has 0 spiro atoms. The van der Waals surface area contributed by atoms with Crippen LogP contribution in [-0.4, -0.2) is 35.7 Å². The fourth-order valence-electron chi connectivity index (χ4n) is 2.54. The van der Waals surface area contributed by atoms with E-state index < -0.39 is 5.97 Å². The number of carbonyl (C=O) groups is 1. The molecule has 1 rings (SSSR count). The molecule has 1 unspecified atom stereocenters. The lowest BCUT2D eigenvalue weighted by atomic mass is 9.97. The van der Waals surface area contributed by atoms with Gasteiger partial charge in [0.1, 0.15) is 5.75 Å². The van der Waals surface area contributed by atoms with Gasteiger partial charge >= 0.3 is 5.97 Å². The first kappa shape index (κ1) is 17.3. The van der Waals surface area contributed by atoms with Crippen molar-refractivity contribution in [3.63, 3.8) is 0 Å². The van der Waals surface area contributed by atoms with Crippen LogP contribution in [0.5, 0.6) is 5.75 Å². The Kier molecular flexibility index (Phi) is 6.49. The van der Waals surface area contributed by atoms with Gasteiger partial charge in [-0.25, -0.2) is 4.79 Å². The average molecular weight is 294 g/mol. The monoisotopic (exact) mass is 294 g/mol. The summed E-state index contributed by atoms with van der Waals surface area (Å²) in [5, 5.41) is 9.42. The van der Waals surface area contributed by atoms with E-state index in [0.717, 1.165) is 19.5 Å². The van der Waals surface area contributed by atoms with Crippen LogP contribution in [-0.2, 0) is 0 Å². The molecule has 0 radical (unpaired) electrons. The van der Waals surface area contributed by atoms with Crippen LogP contribution in [0.2, 0.25) is 0 Å². The Labute approximate surface area is 126 Å². The zero-order valence-electron chi connectivity index (χ0n) is 13.3. The van der Waals surface area contributed by atoms with E-state index in [1.807, 2.05) is 27.7 Å². The maximum Gasteiger partial charge on any atom is 0.336 e. The lowest BCUT2D eigenvalue weighted by Crippen LogP contribution is -2.28. The van der Waals surface area contributed by atoms with E-state index >= 15 is 0 Å². The molecule has 0 aliphatic heterocycles. The molecule has 21 heavy (non-hydrogen) atoms. The van der Waals surface area contributed by atoms with Gasteiger partial charge in [-0.2, -0.15) is 0 Å². The van der Waals surface area contributed by atoms with Gasteiger partial charge in [0, 0.05) is 11.6 Å². The van der Waals surface area contributed by atoms with Gasteiger partial charge in [0.05, 0.1) is 17.9 Å². The van der Waals surface area contributed by atoms with Crippen LogP contribution >= 0.6 is 0 Å². The van der Waals surface area contributed by atoms with Crippen LogP contribution in [0.25, 0.3) is 0 Å². The quantitative estimate of drug-likeness (QED) is 0.720. The molecule has 5 nitrogen and oxygen atoms in total. The Morgan fingerprint density at radius 1 is 1.33 bits per heavy atom. The number of hydrogen-bond acceptors (Lipinski definition) is 4. The van der Waals surface area contributed by atoms with E-state index in [1.54, 1.807) is 12.1 Å². The fourth-order valence-corrected chi connectivity index (χ4v) is 2.54. The summed E-state index contributed by atoms with van der Waals surface area (Å²) in [6.07, 6.45) is 0.876. The number of carboxylic acid groups (broad SMARTS) is 1. The summed E-state index contributed by atoms with van der Waals surface area (Å²) < 4.78 is 5.62. The number of nitrogens with zero attached hydrogens (tertiary/aromatic N) is 1. The predicted molar refractivity (Wildman–Crippen MR) is 84.9 cm³/mol. The number of rotatable bonds is 8. The van der Waals surface area contributed by atoms with E-state index in [4.69, 9.17) is 10.5 Å². The van der Waals surface area contributed by atoms with Gasteiger partial charge in [-0.15, -0.1) is 0 Å². The lowest BCUT2D eigenvalue weighted by molar-refractivity contribution is 0.0693. The largest absolute Gasteiger partial charge is 0.491 e. The molecule has 1 aromatic rings. The number of carboxylic acids is 1. The number of ether oxygens (including phenoxy) is 1. The van der Waals surface area contributed by atoms with Crippen molar-refractivity contribution in [3.8, 4) is 5.75 Å². The Balaban J connectivity index is 3.32. The summed E-state index contributed by atoms with van der Waals surface area (Å²) in [5.74, 6) is -0.395.